The van der Waals surface area contributed by atoms with Gasteiger partial charge in [-0.3, -0.25) is 9.59 Å². The lowest BCUT2D eigenvalue weighted by Crippen LogP contribution is -2.55. The van der Waals surface area contributed by atoms with E-state index in [0.29, 0.717) is 57.3 Å². The Bertz CT molecular complexity index is 1460. The molecule has 1 saturated carbocycles. The molecule has 2 aromatic rings. The van der Waals surface area contributed by atoms with E-state index in [2.05, 4.69) is 27.3 Å². The van der Waals surface area contributed by atoms with Gasteiger partial charge in [0, 0.05) is 31.7 Å². The molecular formula is C33H42ClN7O4. The number of likely N-dealkylation sites (N-methyl/N-ethyl adjacent to an activating group) is 1. The Morgan fingerprint density at radius 2 is 2.02 bits per heavy atom. The third-order valence-corrected chi connectivity index (χ3v) is 9.73. The minimum atomic E-state index is -0.366. The molecule has 0 spiro atoms. The van der Waals surface area contributed by atoms with Gasteiger partial charge in [-0.25, -0.2) is 0 Å². The Morgan fingerprint density at radius 3 is 2.73 bits per heavy atom. The molecule has 45 heavy (non-hydrogen) atoms. The summed E-state index contributed by atoms with van der Waals surface area (Å²) >= 11 is 6.58. The maximum absolute atomic E-state index is 12.6. The van der Waals surface area contributed by atoms with Crippen molar-refractivity contribution < 1.29 is 19.1 Å². The molecule has 3 atom stereocenters. The predicted molar refractivity (Wildman–Crippen MR) is 172 cm³/mol. The number of halogens is 1. The summed E-state index contributed by atoms with van der Waals surface area (Å²) in [7, 11) is 4.02. The standard InChI is InChI=1S/C33H42ClN7O4/c1-5-29(42)41-18-17-40(20-24(41)12-15-35)30-25-13-16-39(28-10-8-7-9-26(28)34)21-27(25)36-32(37-30)45-22-33(38(3)4)14-11-23(19-33)31(43)44-6-2/h5,7-10,23-24H,1,6,11-14,16-22H2,2-4H3/t23?,24-,33?/m0/s1. The number of amides is 1. The van der Waals surface area contributed by atoms with Crippen molar-refractivity contribution in [3.05, 3.63) is 53.2 Å². The lowest BCUT2D eigenvalue weighted by atomic mass is 9.95. The summed E-state index contributed by atoms with van der Waals surface area (Å²) in [4.78, 5) is 43.3. The molecule has 1 amide bonds. The first-order valence-electron chi connectivity index (χ1n) is 15.6. The molecule has 2 aliphatic heterocycles. The van der Waals surface area contributed by atoms with Crippen molar-refractivity contribution in [3.8, 4) is 12.1 Å². The first-order valence-corrected chi connectivity index (χ1v) is 16.0. The summed E-state index contributed by atoms with van der Waals surface area (Å²) in [6.45, 7) is 8.90. The van der Waals surface area contributed by atoms with Gasteiger partial charge in [0.2, 0.25) is 5.91 Å². The molecule has 1 saturated heterocycles. The molecule has 3 heterocycles. The number of anilines is 2. The van der Waals surface area contributed by atoms with Crippen LogP contribution in [-0.2, 0) is 27.3 Å². The second-order valence-corrected chi connectivity index (χ2v) is 12.6. The van der Waals surface area contributed by atoms with Crippen molar-refractivity contribution in [2.75, 3.05) is 63.3 Å². The molecule has 0 N–H and O–H groups in total. The van der Waals surface area contributed by atoms with Crippen LogP contribution in [0.1, 0.15) is 43.9 Å². The number of carbonyl (C=O) groups excluding carboxylic acids is 2. The Labute approximate surface area is 270 Å². The van der Waals surface area contributed by atoms with Gasteiger partial charge in [0.05, 0.1) is 59.5 Å². The first kappa shape index (κ1) is 32.5. The average molecular weight is 636 g/mol. The molecule has 240 valence electrons. The number of hydrogen-bond donors (Lipinski definition) is 0. The van der Waals surface area contributed by atoms with Gasteiger partial charge in [0.15, 0.2) is 0 Å². The number of nitriles is 1. The van der Waals surface area contributed by atoms with Crippen LogP contribution in [0.4, 0.5) is 11.5 Å². The van der Waals surface area contributed by atoms with Crippen molar-refractivity contribution in [2.24, 2.45) is 5.92 Å². The van der Waals surface area contributed by atoms with Gasteiger partial charge in [-0.1, -0.05) is 30.3 Å². The number of aromatic nitrogens is 2. The monoisotopic (exact) mass is 635 g/mol. The highest BCUT2D eigenvalue weighted by atomic mass is 35.5. The van der Waals surface area contributed by atoms with Crippen molar-refractivity contribution in [3.63, 3.8) is 0 Å². The Morgan fingerprint density at radius 1 is 1.22 bits per heavy atom. The van der Waals surface area contributed by atoms with E-state index in [1.165, 1.54) is 6.08 Å². The highest BCUT2D eigenvalue weighted by molar-refractivity contribution is 6.33. The third-order valence-electron chi connectivity index (χ3n) is 9.41. The first-order chi connectivity index (χ1) is 21.7. The van der Waals surface area contributed by atoms with E-state index in [1.807, 2.05) is 45.3 Å². The molecule has 11 nitrogen and oxygen atoms in total. The SMILES string of the molecule is C=CC(=O)N1CCN(c2nc(OCC3(N(C)C)CCC(C(=O)OCC)C3)nc3c2CCN(c2ccccc2Cl)C3)C[C@@H]1CC#N. The minimum Gasteiger partial charge on any atom is -0.466 e. The second-order valence-electron chi connectivity index (χ2n) is 12.2. The second kappa shape index (κ2) is 14.0. The minimum absolute atomic E-state index is 0.158. The number of fused-ring (bicyclic) bond motifs is 1. The maximum Gasteiger partial charge on any atom is 0.318 e. The van der Waals surface area contributed by atoms with Crippen LogP contribution in [0.2, 0.25) is 5.02 Å². The number of carbonyl (C=O) groups is 2. The van der Waals surface area contributed by atoms with E-state index in [-0.39, 0.29) is 41.8 Å². The molecule has 0 radical (unpaired) electrons. The van der Waals surface area contributed by atoms with E-state index < -0.39 is 0 Å². The van der Waals surface area contributed by atoms with E-state index in [9.17, 15) is 14.9 Å². The summed E-state index contributed by atoms with van der Waals surface area (Å²) in [6, 6.07) is 10.0. The topological polar surface area (TPSA) is 115 Å². The molecule has 1 aromatic heterocycles. The summed E-state index contributed by atoms with van der Waals surface area (Å²) in [5.74, 6) is 0.267. The number of benzene rings is 1. The largest absolute Gasteiger partial charge is 0.466 e. The van der Waals surface area contributed by atoms with Crippen LogP contribution in [0, 0.1) is 17.2 Å². The number of ether oxygens (including phenoxy) is 2. The van der Waals surface area contributed by atoms with Crippen LogP contribution in [0.5, 0.6) is 6.01 Å². The zero-order chi connectivity index (χ0) is 32.1. The predicted octanol–water partition coefficient (Wildman–Crippen LogP) is 3.85. The number of nitrogens with zero attached hydrogens (tertiary/aromatic N) is 7. The highest BCUT2D eigenvalue weighted by Crippen LogP contribution is 2.40. The van der Waals surface area contributed by atoms with Gasteiger partial charge < -0.3 is 29.1 Å². The van der Waals surface area contributed by atoms with Gasteiger partial charge >= 0.3 is 12.0 Å². The lowest BCUT2D eigenvalue weighted by molar-refractivity contribution is -0.148. The van der Waals surface area contributed by atoms with E-state index in [4.69, 9.17) is 31.0 Å². The number of piperazine rings is 1. The fourth-order valence-electron chi connectivity index (χ4n) is 6.80. The number of hydrogen-bond acceptors (Lipinski definition) is 10. The van der Waals surface area contributed by atoms with Gasteiger partial charge in [-0.15, -0.1) is 0 Å². The quantitative estimate of drug-likeness (QED) is 0.282. The molecule has 1 aliphatic carbocycles. The fraction of sp³-hybridized carbons (Fsp3) is 0.545. The van der Waals surface area contributed by atoms with Crippen LogP contribution < -0.4 is 14.5 Å². The molecule has 2 unspecified atom stereocenters. The van der Waals surface area contributed by atoms with Gasteiger partial charge in [-0.05, 0) is 64.9 Å². The van der Waals surface area contributed by atoms with Gasteiger partial charge in [0.1, 0.15) is 12.4 Å². The lowest BCUT2D eigenvalue weighted by Gasteiger charge is -2.42. The molecule has 3 aliphatic rings. The molecule has 12 heteroatoms. The Balaban J connectivity index is 1.45. The van der Waals surface area contributed by atoms with Crippen molar-refractivity contribution in [1.82, 2.24) is 19.8 Å². The zero-order valence-electron chi connectivity index (χ0n) is 26.4. The van der Waals surface area contributed by atoms with Crippen LogP contribution in [0.15, 0.2) is 36.9 Å². The van der Waals surface area contributed by atoms with Crippen LogP contribution >= 0.6 is 11.6 Å². The summed E-state index contributed by atoms with van der Waals surface area (Å²) in [5, 5.41) is 10.2. The summed E-state index contributed by atoms with van der Waals surface area (Å²) < 4.78 is 11.8. The Kier molecular flexibility index (Phi) is 10.1. The van der Waals surface area contributed by atoms with Crippen LogP contribution in [0.3, 0.4) is 0 Å². The van der Waals surface area contributed by atoms with Gasteiger partial charge in [-0.2, -0.15) is 15.2 Å². The number of rotatable bonds is 10. The van der Waals surface area contributed by atoms with Crippen molar-refractivity contribution >= 4 is 35.0 Å². The molecule has 1 aromatic carbocycles. The van der Waals surface area contributed by atoms with E-state index in [0.717, 1.165) is 42.1 Å². The highest BCUT2D eigenvalue weighted by Gasteiger charge is 2.45. The molecule has 0 bridgehead atoms. The van der Waals surface area contributed by atoms with Crippen molar-refractivity contribution in [1.29, 1.82) is 5.26 Å². The van der Waals surface area contributed by atoms with Gasteiger partial charge in [0.25, 0.3) is 0 Å². The maximum atomic E-state index is 12.6. The smallest absolute Gasteiger partial charge is 0.318 e. The fourth-order valence-corrected chi connectivity index (χ4v) is 7.05. The van der Waals surface area contributed by atoms with E-state index in [1.54, 1.807) is 4.90 Å². The Hall–Kier alpha value is -3.88. The van der Waals surface area contributed by atoms with Crippen LogP contribution in [0.25, 0.3) is 0 Å². The summed E-state index contributed by atoms with van der Waals surface area (Å²) in [5.41, 5.74) is 2.48. The average Bonchev–Trinajstić information content (AvgIpc) is 3.49. The molecule has 2 fully saturated rings. The van der Waals surface area contributed by atoms with E-state index >= 15 is 0 Å². The van der Waals surface area contributed by atoms with Crippen molar-refractivity contribution in [2.45, 2.75) is 57.2 Å². The number of para-hydroxylation sites is 1. The normalized spacial score (nSPS) is 23.0. The molecule has 5 rings (SSSR count). The number of esters is 1. The molecular weight excluding hydrogens is 594 g/mol. The zero-order valence-corrected chi connectivity index (χ0v) is 27.1. The summed E-state index contributed by atoms with van der Waals surface area (Å²) in [6.07, 6.45) is 4.37. The van der Waals surface area contributed by atoms with Crippen LogP contribution in [-0.4, -0.2) is 96.7 Å². The third kappa shape index (κ3) is 6.87.